The van der Waals surface area contributed by atoms with E-state index in [2.05, 4.69) is 0 Å². The lowest BCUT2D eigenvalue weighted by Crippen LogP contribution is -2.33. The van der Waals surface area contributed by atoms with Gasteiger partial charge in [-0.1, -0.05) is 53.5 Å². The summed E-state index contributed by atoms with van der Waals surface area (Å²) in [4.78, 5) is 37.8. The highest BCUT2D eigenvalue weighted by atomic mass is 35.5. The minimum atomic E-state index is -0.647. The Hall–Kier alpha value is -2.43. The number of ketones is 2. The number of carbonyl (C=O) groups is 3. The maximum atomic E-state index is 13.0. The molecule has 4 nitrogen and oxygen atoms in total. The fraction of sp³-hybridized carbons (Fsp3) is 0.105. The van der Waals surface area contributed by atoms with Gasteiger partial charge in [0.15, 0.2) is 11.5 Å². The van der Waals surface area contributed by atoms with E-state index >= 15 is 0 Å². The Balaban J connectivity index is 1.93. The average molecular weight is 373 g/mol. The van der Waals surface area contributed by atoms with Crippen molar-refractivity contribution in [3.63, 3.8) is 0 Å². The monoisotopic (exact) mass is 372 g/mol. The predicted molar refractivity (Wildman–Crippen MR) is 92.0 cm³/mol. The molecule has 1 aliphatic heterocycles. The van der Waals surface area contributed by atoms with E-state index in [1.54, 1.807) is 42.5 Å². The average Bonchev–Trinajstić information content (AvgIpc) is 2.59. The predicted octanol–water partition coefficient (Wildman–Crippen LogP) is 4.36. The lowest BCUT2D eigenvalue weighted by molar-refractivity contribution is -0.140. The molecule has 2 aromatic rings. The number of fused-ring (bicyclic) bond motifs is 1. The third kappa shape index (κ3) is 2.49. The number of ether oxygens (including phenoxy) is 1. The summed E-state index contributed by atoms with van der Waals surface area (Å²) in [5.41, 5.74) is 1.28. The number of hydrogen-bond donors (Lipinski definition) is 0. The minimum Gasteiger partial charge on any atom is -0.422 e. The normalized spacial score (nSPS) is 19.4. The Morgan fingerprint density at radius 1 is 0.920 bits per heavy atom. The molecule has 0 saturated carbocycles. The Labute approximate surface area is 153 Å². The molecule has 1 atom stereocenters. The first-order valence-corrected chi connectivity index (χ1v) is 8.31. The van der Waals surface area contributed by atoms with Gasteiger partial charge in [0.1, 0.15) is 0 Å². The summed E-state index contributed by atoms with van der Waals surface area (Å²) < 4.78 is 5.15. The van der Waals surface area contributed by atoms with E-state index in [0.29, 0.717) is 21.2 Å². The van der Waals surface area contributed by atoms with Crippen LogP contribution >= 0.6 is 23.2 Å². The van der Waals surface area contributed by atoms with Gasteiger partial charge in [0.25, 0.3) is 0 Å². The zero-order chi connectivity index (χ0) is 17.7. The van der Waals surface area contributed by atoms with Crippen LogP contribution in [0.1, 0.15) is 38.6 Å². The minimum absolute atomic E-state index is 0.0681. The van der Waals surface area contributed by atoms with Crippen LogP contribution in [0.25, 0.3) is 0 Å². The van der Waals surface area contributed by atoms with Crippen molar-refractivity contribution in [1.29, 1.82) is 0 Å². The van der Waals surface area contributed by atoms with E-state index in [0.717, 1.165) is 0 Å². The molecule has 0 fully saturated rings. The summed E-state index contributed by atoms with van der Waals surface area (Å²) in [6, 6.07) is 11.3. The van der Waals surface area contributed by atoms with E-state index < -0.39 is 17.7 Å². The summed E-state index contributed by atoms with van der Waals surface area (Å²) in [5, 5.41) is 0.774. The highest BCUT2D eigenvalue weighted by molar-refractivity contribution is 6.35. The van der Waals surface area contributed by atoms with Crippen LogP contribution in [-0.2, 0) is 9.53 Å². The smallest absolute Gasteiger partial charge is 0.312 e. The lowest BCUT2D eigenvalue weighted by Gasteiger charge is -2.30. The molecule has 0 aromatic heterocycles. The van der Waals surface area contributed by atoms with Crippen LogP contribution in [0, 0.1) is 0 Å². The third-order valence-electron chi connectivity index (χ3n) is 4.38. The quantitative estimate of drug-likeness (QED) is 0.697. The molecule has 4 rings (SSSR count). The zero-order valence-corrected chi connectivity index (χ0v) is 14.2. The maximum absolute atomic E-state index is 13.0. The van der Waals surface area contributed by atoms with Gasteiger partial charge in [-0.3, -0.25) is 14.4 Å². The van der Waals surface area contributed by atoms with E-state index in [4.69, 9.17) is 27.9 Å². The Morgan fingerprint density at radius 2 is 1.60 bits per heavy atom. The first-order valence-electron chi connectivity index (χ1n) is 7.55. The Kier molecular flexibility index (Phi) is 3.74. The molecule has 25 heavy (non-hydrogen) atoms. The first kappa shape index (κ1) is 16.1. The van der Waals surface area contributed by atoms with Crippen LogP contribution in [0.3, 0.4) is 0 Å². The van der Waals surface area contributed by atoms with Gasteiger partial charge >= 0.3 is 5.97 Å². The summed E-state index contributed by atoms with van der Waals surface area (Å²) >= 11 is 12.2. The first-order chi connectivity index (χ1) is 12.0. The highest BCUT2D eigenvalue weighted by Crippen LogP contribution is 2.43. The van der Waals surface area contributed by atoms with Crippen LogP contribution in [0.5, 0.6) is 0 Å². The number of allylic oxidation sites excluding steroid dienone is 2. The number of benzene rings is 2. The number of rotatable bonds is 1. The van der Waals surface area contributed by atoms with E-state index in [9.17, 15) is 14.4 Å². The summed E-state index contributed by atoms with van der Waals surface area (Å²) in [7, 11) is 0. The molecular weight excluding hydrogens is 363 g/mol. The molecule has 0 radical (unpaired) electrons. The van der Waals surface area contributed by atoms with Crippen molar-refractivity contribution >= 4 is 40.7 Å². The maximum Gasteiger partial charge on any atom is 0.312 e. The van der Waals surface area contributed by atoms with Gasteiger partial charge in [0.05, 0.1) is 12.0 Å². The molecule has 0 spiro atoms. The third-order valence-corrected chi connectivity index (χ3v) is 4.95. The number of hydrogen-bond acceptors (Lipinski definition) is 4. The number of carbonyl (C=O) groups excluding carboxylic acids is 3. The summed E-state index contributed by atoms with van der Waals surface area (Å²) in [6.45, 7) is 0. The molecule has 2 aliphatic rings. The molecule has 124 valence electrons. The van der Waals surface area contributed by atoms with E-state index in [-0.39, 0.29) is 29.1 Å². The van der Waals surface area contributed by atoms with Gasteiger partial charge in [0, 0.05) is 27.1 Å². The van der Waals surface area contributed by atoms with E-state index in [1.807, 2.05) is 0 Å². The Morgan fingerprint density at radius 3 is 2.28 bits per heavy atom. The second-order valence-corrected chi connectivity index (χ2v) is 6.69. The van der Waals surface area contributed by atoms with Crippen molar-refractivity contribution in [3.8, 4) is 0 Å². The van der Waals surface area contributed by atoms with Crippen LogP contribution in [0.2, 0.25) is 10.0 Å². The van der Waals surface area contributed by atoms with Crippen molar-refractivity contribution in [2.75, 3.05) is 0 Å². The second-order valence-electron chi connectivity index (χ2n) is 5.84. The van der Waals surface area contributed by atoms with Crippen LogP contribution in [0.15, 0.2) is 53.8 Å². The van der Waals surface area contributed by atoms with Crippen LogP contribution in [-0.4, -0.2) is 17.5 Å². The van der Waals surface area contributed by atoms with E-state index in [1.165, 1.54) is 0 Å². The topological polar surface area (TPSA) is 60.4 Å². The molecule has 0 unspecified atom stereocenters. The molecule has 0 saturated heterocycles. The fourth-order valence-electron chi connectivity index (χ4n) is 3.26. The van der Waals surface area contributed by atoms with Crippen molar-refractivity contribution in [1.82, 2.24) is 0 Å². The Bertz CT molecular complexity index is 991. The van der Waals surface area contributed by atoms with Crippen LogP contribution < -0.4 is 0 Å². The number of Topliss-reactive ketones (excluding diaryl/α,β-unsaturated/α-hetero) is 2. The molecule has 0 amide bonds. The van der Waals surface area contributed by atoms with Crippen molar-refractivity contribution in [2.24, 2.45) is 0 Å². The van der Waals surface area contributed by atoms with Crippen molar-refractivity contribution < 1.29 is 19.1 Å². The molecule has 0 bridgehead atoms. The zero-order valence-electron chi connectivity index (χ0n) is 12.7. The fourth-order valence-corrected chi connectivity index (χ4v) is 3.80. The molecule has 2 aromatic carbocycles. The van der Waals surface area contributed by atoms with Gasteiger partial charge in [-0.15, -0.1) is 0 Å². The van der Waals surface area contributed by atoms with Gasteiger partial charge in [0.2, 0.25) is 5.78 Å². The molecule has 0 N–H and O–H groups in total. The number of halogens is 2. The standard InChI is InChI=1S/C19H10Cl2O4/c20-9-5-6-10(14(21)7-9)13-8-15(22)25-19-16(13)17(23)11-3-1-2-4-12(11)18(19)24/h1-7,13H,8H2/t13-/m1/s1. The summed E-state index contributed by atoms with van der Waals surface area (Å²) in [5.74, 6) is -2.21. The van der Waals surface area contributed by atoms with Gasteiger partial charge < -0.3 is 4.74 Å². The van der Waals surface area contributed by atoms with Gasteiger partial charge in [-0.25, -0.2) is 0 Å². The lowest BCUT2D eigenvalue weighted by atomic mass is 9.77. The van der Waals surface area contributed by atoms with Crippen molar-refractivity contribution in [3.05, 3.63) is 80.5 Å². The SMILES string of the molecule is O=C1C[C@H](c2ccc(Cl)cc2Cl)C2=C(O1)C(=O)c1ccccc1C2=O. The summed E-state index contributed by atoms with van der Waals surface area (Å²) in [6.07, 6.45) is -0.0681. The van der Waals surface area contributed by atoms with Gasteiger partial charge in [-0.05, 0) is 17.7 Å². The second kappa shape index (κ2) is 5.83. The van der Waals surface area contributed by atoms with Crippen molar-refractivity contribution in [2.45, 2.75) is 12.3 Å². The molecule has 1 aliphatic carbocycles. The number of esters is 1. The largest absolute Gasteiger partial charge is 0.422 e. The molecular formula is C19H10Cl2O4. The molecule has 1 heterocycles. The highest BCUT2D eigenvalue weighted by Gasteiger charge is 2.43. The van der Waals surface area contributed by atoms with Crippen LogP contribution in [0.4, 0.5) is 0 Å². The molecule has 6 heteroatoms. The van der Waals surface area contributed by atoms with Gasteiger partial charge in [-0.2, -0.15) is 0 Å².